The van der Waals surface area contributed by atoms with Crippen LogP contribution in [0.15, 0.2) is 18.2 Å². The van der Waals surface area contributed by atoms with E-state index in [-0.39, 0.29) is 18.3 Å². The van der Waals surface area contributed by atoms with Crippen LogP contribution in [0.5, 0.6) is 5.75 Å². The minimum Gasteiger partial charge on any atom is -0.477 e. The maximum atomic E-state index is 13.0. The fourth-order valence-corrected chi connectivity index (χ4v) is 2.08. The Kier molecular flexibility index (Phi) is 5.04. The van der Waals surface area contributed by atoms with Crippen molar-refractivity contribution in [2.45, 2.75) is 6.42 Å². The summed E-state index contributed by atoms with van der Waals surface area (Å²) in [4.78, 5) is 23.7. The Balaban J connectivity index is 1.99. The number of amides is 1. The number of carbonyl (C=O) groups excluding carboxylic acids is 1. The van der Waals surface area contributed by atoms with Crippen molar-refractivity contribution in [1.29, 1.82) is 0 Å². The van der Waals surface area contributed by atoms with Crippen LogP contribution in [0.3, 0.4) is 0 Å². The highest BCUT2D eigenvalue weighted by Gasteiger charge is 2.20. The molecular formula is C13H16FN3O4. The molecule has 0 aromatic heterocycles. The minimum absolute atomic E-state index is 0.109. The van der Waals surface area contributed by atoms with Gasteiger partial charge in [0.1, 0.15) is 5.82 Å². The van der Waals surface area contributed by atoms with E-state index in [4.69, 9.17) is 4.74 Å². The van der Waals surface area contributed by atoms with Crippen molar-refractivity contribution in [3.8, 4) is 5.75 Å². The Labute approximate surface area is 120 Å². The van der Waals surface area contributed by atoms with Crippen molar-refractivity contribution in [2.75, 3.05) is 32.8 Å². The van der Waals surface area contributed by atoms with Crippen LogP contribution in [0.2, 0.25) is 0 Å². The molecule has 1 saturated heterocycles. The average molecular weight is 297 g/mol. The highest BCUT2D eigenvalue weighted by Crippen LogP contribution is 2.27. The molecule has 0 spiro atoms. The molecule has 0 saturated carbocycles. The molecular weight excluding hydrogens is 281 g/mol. The predicted octanol–water partition coefficient (Wildman–Crippen LogP) is 0.935. The number of hydrogen-bond acceptors (Lipinski definition) is 5. The highest BCUT2D eigenvalue weighted by atomic mass is 19.1. The third kappa shape index (κ3) is 4.12. The van der Waals surface area contributed by atoms with Gasteiger partial charge in [0.15, 0.2) is 12.4 Å². The predicted molar refractivity (Wildman–Crippen MR) is 72.6 cm³/mol. The first kappa shape index (κ1) is 15.2. The van der Waals surface area contributed by atoms with Crippen molar-refractivity contribution in [3.63, 3.8) is 0 Å². The molecule has 0 bridgehead atoms. The molecule has 7 nitrogen and oxygen atoms in total. The summed E-state index contributed by atoms with van der Waals surface area (Å²) >= 11 is 0. The summed E-state index contributed by atoms with van der Waals surface area (Å²) in [7, 11) is 0. The van der Waals surface area contributed by atoms with Crippen molar-refractivity contribution < 1.29 is 18.8 Å². The van der Waals surface area contributed by atoms with Gasteiger partial charge in [0, 0.05) is 19.6 Å². The molecule has 1 aromatic carbocycles. The molecule has 1 heterocycles. The van der Waals surface area contributed by atoms with Gasteiger partial charge < -0.3 is 15.0 Å². The second-order valence-corrected chi connectivity index (χ2v) is 4.64. The first-order valence-corrected chi connectivity index (χ1v) is 6.63. The molecule has 1 aliphatic rings. The molecule has 1 aromatic rings. The molecule has 0 aliphatic carbocycles. The van der Waals surface area contributed by atoms with Crippen molar-refractivity contribution in [2.24, 2.45) is 0 Å². The second kappa shape index (κ2) is 6.98. The van der Waals surface area contributed by atoms with Gasteiger partial charge in [-0.1, -0.05) is 0 Å². The van der Waals surface area contributed by atoms with E-state index in [0.29, 0.717) is 19.6 Å². The summed E-state index contributed by atoms with van der Waals surface area (Å²) in [5.74, 6) is -1.07. The van der Waals surface area contributed by atoms with Crippen LogP contribution in [0.1, 0.15) is 6.42 Å². The zero-order chi connectivity index (χ0) is 15.2. The molecule has 1 fully saturated rings. The Morgan fingerprint density at radius 3 is 3.00 bits per heavy atom. The summed E-state index contributed by atoms with van der Waals surface area (Å²) in [6.45, 7) is 2.47. The maximum Gasteiger partial charge on any atom is 0.313 e. The number of benzene rings is 1. The lowest BCUT2D eigenvalue weighted by molar-refractivity contribution is -0.386. The third-order valence-electron chi connectivity index (χ3n) is 3.16. The standard InChI is InChI=1S/C13H16FN3O4/c14-10-2-3-12(11(8-10)17(19)20)21-9-13(18)16-6-1-4-15-5-7-16/h2-3,8,15H,1,4-7,9H2. The average Bonchev–Trinajstić information content (AvgIpc) is 2.74. The number of nitrogens with one attached hydrogen (secondary N) is 1. The van der Waals surface area contributed by atoms with Crippen molar-refractivity contribution in [3.05, 3.63) is 34.1 Å². The number of halogens is 1. The van der Waals surface area contributed by atoms with E-state index in [0.717, 1.165) is 31.2 Å². The van der Waals surface area contributed by atoms with E-state index in [2.05, 4.69) is 5.32 Å². The van der Waals surface area contributed by atoms with Gasteiger partial charge in [0.2, 0.25) is 0 Å². The summed E-state index contributed by atoms with van der Waals surface area (Å²) in [5, 5.41) is 14.0. The lowest BCUT2D eigenvalue weighted by atomic mass is 10.3. The normalized spacial score (nSPS) is 15.4. The topological polar surface area (TPSA) is 84.7 Å². The summed E-state index contributed by atoms with van der Waals surface area (Å²) in [6.07, 6.45) is 0.850. The van der Waals surface area contributed by atoms with Crippen molar-refractivity contribution >= 4 is 11.6 Å². The highest BCUT2D eigenvalue weighted by molar-refractivity contribution is 5.78. The number of rotatable bonds is 4. The Morgan fingerprint density at radius 1 is 1.43 bits per heavy atom. The number of ether oxygens (including phenoxy) is 1. The first-order valence-electron chi connectivity index (χ1n) is 6.63. The van der Waals surface area contributed by atoms with Crippen LogP contribution in [-0.4, -0.2) is 48.5 Å². The number of nitrogens with zero attached hydrogens (tertiary/aromatic N) is 2. The summed E-state index contributed by atoms with van der Waals surface area (Å²) in [5.41, 5.74) is -0.486. The lowest BCUT2D eigenvalue weighted by Gasteiger charge is -2.19. The SMILES string of the molecule is O=C(COc1ccc(F)cc1[N+](=O)[O-])N1CCCNCC1. The van der Waals surface area contributed by atoms with Gasteiger partial charge in [-0.05, 0) is 25.1 Å². The van der Waals surface area contributed by atoms with Gasteiger partial charge in [-0.3, -0.25) is 14.9 Å². The Hall–Kier alpha value is -2.22. The molecule has 114 valence electrons. The number of carbonyl (C=O) groups is 1. The first-order chi connectivity index (χ1) is 10.1. The van der Waals surface area contributed by atoms with Gasteiger partial charge >= 0.3 is 5.69 Å². The molecule has 0 unspecified atom stereocenters. The monoisotopic (exact) mass is 297 g/mol. The van der Waals surface area contributed by atoms with E-state index in [1.807, 2.05) is 0 Å². The zero-order valence-corrected chi connectivity index (χ0v) is 11.4. The fraction of sp³-hybridized carbons (Fsp3) is 0.462. The Morgan fingerprint density at radius 2 is 2.24 bits per heavy atom. The van der Waals surface area contributed by atoms with Crippen LogP contribution in [-0.2, 0) is 4.79 Å². The molecule has 1 N–H and O–H groups in total. The number of hydrogen-bond donors (Lipinski definition) is 1. The summed E-state index contributed by atoms with van der Waals surface area (Å²) < 4.78 is 18.2. The van der Waals surface area contributed by atoms with E-state index in [9.17, 15) is 19.3 Å². The van der Waals surface area contributed by atoms with Gasteiger partial charge in [-0.2, -0.15) is 0 Å². The fourth-order valence-electron chi connectivity index (χ4n) is 2.08. The number of nitro groups is 1. The number of nitro benzene ring substituents is 1. The molecule has 1 amide bonds. The van der Waals surface area contributed by atoms with Gasteiger partial charge in [0.05, 0.1) is 11.0 Å². The molecule has 2 rings (SSSR count). The molecule has 8 heteroatoms. The molecule has 0 atom stereocenters. The largest absolute Gasteiger partial charge is 0.477 e. The summed E-state index contributed by atoms with van der Waals surface area (Å²) in [6, 6.07) is 2.99. The third-order valence-corrected chi connectivity index (χ3v) is 3.16. The van der Waals surface area contributed by atoms with Crippen LogP contribution in [0.25, 0.3) is 0 Å². The minimum atomic E-state index is -0.737. The van der Waals surface area contributed by atoms with E-state index >= 15 is 0 Å². The molecule has 0 radical (unpaired) electrons. The van der Waals surface area contributed by atoms with E-state index in [1.54, 1.807) is 4.90 Å². The van der Waals surface area contributed by atoms with E-state index in [1.165, 1.54) is 0 Å². The van der Waals surface area contributed by atoms with Crippen molar-refractivity contribution in [1.82, 2.24) is 10.2 Å². The second-order valence-electron chi connectivity index (χ2n) is 4.64. The van der Waals surface area contributed by atoms with Crippen LogP contribution < -0.4 is 10.1 Å². The molecule has 1 aliphatic heterocycles. The molecule has 21 heavy (non-hydrogen) atoms. The smallest absolute Gasteiger partial charge is 0.313 e. The van der Waals surface area contributed by atoms with Gasteiger partial charge in [0.25, 0.3) is 5.91 Å². The van der Waals surface area contributed by atoms with Crippen LogP contribution in [0, 0.1) is 15.9 Å². The Bertz CT molecular complexity index is 530. The zero-order valence-electron chi connectivity index (χ0n) is 11.4. The van der Waals surface area contributed by atoms with E-state index < -0.39 is 16.4 Å². The van der Waals surface area contributed by atoms with Gasteiger partial charge in [-0.15, -0.1) is 0 Å². The van der Waals surface area contributed by atoms with Crippen LogP contribution >= 0.6 is 0 Å². The van der Waals surface area contributed by atoms with Crippen LogP contribution in [0.4, 0.5) is 10.1 Å². The van der Waals surface area contributed by atoms with Gasteiger partial charge in [-0.25, -0.2) is 4.39 Å². The lowest BCUT2D eigenvalue weighted by Crippen LogP contribution is -2.37. The quantitative estimate of drug-likeness (QED) is 0.660. The maximum absolute atomic E-state index is 13.0.